The van der Waals surface area contributed by atoms with Crippen molar-refractivity contribution in [1.29, 1.82) is 0 Å². The summed E-state index contributed by atoms with van der Waals surface area (Å²) in [5, 5.41) is 5.22. The second-order valence-corrected chi connectivity index (χ2v) is 7.56. The van der Waals surface area contributed by atoms with Crippen molar-refractivity contribution < 1.29 is 14.3 Å². The lowest BCUT2D eigenvalue weighted by atomic mass is 10.0. The lowest BCUT2D eigenvalue weighted by Gasteiger charge is -2.19. The lowest BCUT2D eigenvalue weighted by molar-refractivity contribution is -0.121. The maximum atomic E-state index is 12.7. The van der Waals surface area contributed by atoms with Crippen LogP contribution in [0.2, 0.25) is 0 Å². The summed E-state index contributed by atoms with van der Waals surface area (Å²) >= 11 is 1.65. The van der Waals surface area contributed by atoms with Crippen LogP contribution in [-0.2, 0) is 11.2 Å². The van der Waals surface area contributed by atoms with E-state index in [2.05, 4.69) is 42.6 Å². The normalized spacial score (nSPS) is 11.7. The Morgan fingerprint density at radius 1 is 1.04 bits per heavy atom. The van der Waals surface area contributed by atoms with Gasteiger partial charge >= 0.3 is 0 Å². The van der Waals surface area contributed by atoms with Gasteiger partial charge in [-0.05, 0) is 42.0 Å². The number of hydrogen-bond acceptors (Lipinski definition) is 4. The Kier molecular flexibility index (Phi) is 6.71. The predicted octanol–water partition coefficient (Wildman–Crippen LogP) is 4.91. The standard InChI is InChI=1S/C23H25NO3S/c1-16-9-11-17(12-10-16)22(20-8-5-15-28-20)24-21(25)14-13-18-6-4-7-19(26-2)23(18)27-3/h4-12,15,22H,13-14H2,1-3H3,(H,24,25). The molecule has 0 spiro atoms. The predicted molar refractivity (Wildman–Crippen MR) is 113 cm³/mol. The van der Waals surface area contributed by atoms with E-state index >= 15 is 0 Å². The fourth-order valence-electron chi connectivity index (χ4n) is 3.17. The third kappa shape index (κ3) is 4.73. The number of amides is 1. The van der Waals surface area contributed by atoms with Gasteiger partial charge in [-0.1, -0.05) is 48.0 Å². The maximum absolute atomic E-state index is 12.7. The monoisotopic (exact) mass is 395 g/mol. The summed E-state index contributed by atoms with van der Waals surface area (Å²) in [6, 6.07) is 17.9. The van der Waals surface area contributed by atoms with Crippen molar-refractivity contribution in [3.05, 3.63) is 81.5 Å². The Morgan fingerprint density at radius 3 is 2.46 bits per heavy atom. The summed E-state index contributed by atoms with van der Waals surface area (Å²) in [5.74, 6) is 1.37. The Labute approximate surface area is 170 Å². The van der Waals surface area contributed by atoms with E-state index in [4.69, 9.17) is 9.47 Å². The Balaban J connectivity index is 1.72. The third-order valence-corrected chi connectivity index (χ3v) is 5.59. The summed E-state index contributed by atoms with van der Waals surface area (Å²) in [5.41, 5.74) is 3.24. The van der Waals surface area contributed by atoms with Crippen molar-refractivity contribution in [2.24, 2.45) is 0 Å². The van der Waals surface area contributed by atoms with E-state index < -0.39 is 0 Å². The van der Waals surface area contributed by atoms with E-state index in [0.717, 1.165) is 16.0 Å². The molecule has 28 heavy (non-hydrogen) atoms. The molecule has 3 aromatic rings. The fourth-order valence-corrected chi connectivity index (χ4v) is 3.97. The molecular formula is C23H25NO3S. The number of carbonyl (C=O) groups is 1. The van der Waals surface area contributed by atoms with Crippen molar-refractivity contribution in [3.8, 4) is 11.5 Å². The first-order valence-corrected chi connectivity index (χ1v) is 10.1. The molecule has 1 atom stereocenters. The van der Waals surface area contributed by atoms with Gasteiger partial charge in [0, 0.05) is 11.3 Å². The number of ether oxygens (including phenoxy) is 2. The van der Waals surface area contributed by atoms with Crippen LogP contribution >= 0.6 is 11.3 Å². The van der Waals surface area contributed by atoms with Crippen LogP contribution in [0.25, 0.3) is 0 Å². The molecule has 4 nitrogen and oxygen atoms in total. The van der Waals surface area contributed by atoms with Crippen LogP contribution in [0, 0.1) is 6.92 Å². The molecule has 0 radical (unpaired) electrons. The molecule has 1 unspecified atom stereocenters. The van der Waals surface area contributed by atoms with Crippen LogP contribution in [0.1, 0.15) is 34.0 Å². The van der Waals surface area contributed by atoms with Gasteiger partial charge in [-0.15, -0.1) is 11.3 Å². The molecule has 0 aliphatic rings. The second kappa shape index (κ2) is 9.42. The number of nitrogens with one attached hydrogen (secondary N) is 1. The zero-order valence-electron chi connectivity index (χ0n) is 16.4. The van der Waals surface area contributed by atoms with E-state index in [1.807, 2.05) is 29.6 Å². The Bertz CT molecular complexity index is 904. The van der Waals surface area contributed by atoms with Crippen LogP contribution in [-0.4, -0.2) is 20.1 Å². The SMILES string of the molecule is COc1cccc(CCC(=O)NC(c2ccc(C)cc2)c2cccs2)c1OC. The van der Waals surface area contributed by atoms with Crippen molar-refractivity contribution in [2.45, 2.75) is 25.8 Å². The van der Waals surface area contributed by atoms with Gasteiger partial charge in [-0.3, -0.25) is 4.79 Å². The summed E-state index contributed by atoms with van der Waals surface area (Å²) in [7, 11) is 3.23. The van der Waals surface area contributed by atoms with Crippen molar-refractivity contribution in [2.75, 3.05) is 14.2 Å². The zero-order chi connectivity index (χ0) is 19.9. The molecular weight excluding hydrogens is 370 g/mol. The Hall–Kier alpha value is -2.79. The minimum absolute atomic E-state index is 0.00356. The average molecular weight is 396 g/mol. The molecule has 1 aromatic heterocycles. The number of thiophene rings is 1. The maximum Gasteiger partial charge on any atom is 0.221 e. The molecule has 0 saturated heterocycles. The third-order valence-electron chi connectivity index (χ3n) is 4.65. The molecule has 0 aliphatic carbocycles. The number of carbonyl (C=O) groups excluding carboxylic acids is 1. The van der Waals surface area contributed by atoms with Gasteiger partial charge < -0.3 is 14.8 Å². The fraction of sp³-hybridized carbons (Fsp3) is 0.261. The lowest BCUT2D eigenvalue weighted by Crippen LogP contribution is -2.29. The number of rotatable bonds is 8. The van der Waals surface area contributed by atoms with E-state index in [-0.39, 0.29) is 11.9 Å². The minimum atomic E-state index is -0.139. The number of benzene rings is 2. The molecule has 146 valence electrons. The van der Waals surface area contributed by atoms with Crippen molar-refractivity contribution >= 4 is 17.2 Å². The zero-order valence-corrected chi connectivity index (χ0v) is 17.2. The van der Waals surface area contributed by atoms with Crippen LogP contribution < -0.4 is 14.8 Å². The molecule has 0 fully saturated rings. The minimum Gasteiger partial charge on any atom is -0.493 e. The first kappa shape index (κ1) is 20.0. The van der Waals surface area contributed by atoms with Gasteiger partial charge in [0.25, 0.3) is 0 Å². The average Bonchev–Trinajstić information content (AvgIpc) is 3.25. The topological polar surface area (TPSA) is 47.6 Å². The van der Waals surface area contributed by atoms with Crippen LogP contribution in [0.15, 0.2) is 60.0 Å². The number of para-hydroxylation sites is 1. The van der Waals surface area contributed by atoms with Gasteiger partial charge in [0.05, 0.1) is 20.3 Å². The molecule has 2 aromatic carbocycles. The van der Waals surface area contributed by atoms with Gasteiger partial charge in [0.1, 0.15) is 0 Å². The molecule has 0 bridgehead atoms. The quantitative estimate of drug-likeness (QED) is 0.589. The molecule has 0 aliphatic heterocycles. The highest BCUT2D eigenvalue weighted by Gasteiger charge is 2.18. The number of methoxy groups -OCH3 is 2. The first-order valence-electron chi connectivity index (χ1n) is 9.21. The summed E-state index contributed by atoms with van der Waals surface area (Å²) in [6.07, 6.45) is 0.953. The van der Waals surface area contributed by atoms with Gasteiger partial charge in [0.2, 0.25) is 5.91 Å². The Morgan fingerprint density at radius 2 is 1.82 bits per heavy atom. The molecule has 1 heterocycles. The summed E-state index contributed by atoms with van der Waals surface area (Å²) in [4.78, 5) is 13.9. The highest BCUT2D eigenvalue weighted by atomic mass is 32.1. The van der Waals surface area contributed by atoms with E-state index in [1.54, 1.807) is 25.6 Å². The van der Waals surface area contributed by atoms with Crippen LogP contribution in [0.3, 0.4) is 0 Å². The summed E-state index contributed by atoms with van der Waals surface area (Å²) in [6.45, 7) is 2.06. The number of aryl methyl sites for hydroxylation is 2. The van der Waals surface area contributed by atoms with E-state index in [0.29, 0.717) is 24.3 Å². The van der Waals surface area contributed by atoms with E-state index in [1.165, 1.54) is 5.56 Å². The highest BCUT2D eigenvalue weighted by molar-refractivity contribution is 7.10. The molecule has 1 N–H and O–H groups in total. The van der Waals surface area contributed by atoms with Crippen molar-refractivity contribution in [1.82, 2.24) is 5.32 Å². The number of hydrogen-bond donors (Lipinski definition) is 1. The van der Waals surface area contributed by atoms with Gasteiger partial charge in [0.15, 0.2) is 11.5 Å². The second-order valence-electron chi connectivity index (χ2n) is 6.58. The van der Waals surface area contributed by atoms with Crippen molar-refractivity contribution in [3.63, 3.8) is 0 Å². The molecule has 5 heteroatoms. The smallest absolute Gasteiger partial charge is 0.221 e. The van der Waals surface area contributed by atoms with Gasteiger partial charge in [-0.2, -0.15) is 0 Å². The largest absolute Gasteiger partial charge is 0.493 e. The van der Waals surface area contributed by atoms with Crippen LogP contribution in [0.5, 0.6) is 11.5 Å². The first-order chi connectivity index (χ1) is 13.6. The molecule has 1 amide bonds. The highest BCUT2D eigenvalue weighted by Crippen LogP contribution is 2.31. The van der Waals surface area contributed by atoms with Gasteiger partial charge in [-0.25, -0.2) is 0 Å². The van der Waals surface area contributed by atoms with E-state index in [9.17, 15) is 4.79 Å². The molecule has 3 rings (SSSR count). The summed E-state index contributed by atoms with van der Waals surface area (Å²) < 4.78 is 10.8. The van der Waals surface area contributed by atoms with Crippen LogP contribution in [0.4, 0.5) is 0 Å². The molecule has 0 saturated carbocycles.